The lowest BCUT2D eigenvalue weighted by Crippen LogP contribution is -2.02. The summed E-state index contributed by atoms with van der Waals surface area (Å²) in [6.07, 6.45) is 0. The van der Waals surface area contributed by atoms with Crippen LogP contribution in [0.4, 0.5) is 0 Å². The van der Waals surface area contributed by atoms with Gasteiger partial charge in [0.2, 0.25) is 0 Å². The van der Waals surface area contributed by atoms with Gasteiger partial charge in [-0.3, -0.25) is 0 Å². The Morgan fingerprint density at radius 1 is 0.230 bits per heavy atom. The van der Waals surface area contributed by atoms with E-state index in [1.807, 2.05) is 36.4 Å². The molecular formula is C57H37N3O. The van der Waals surface area contributed by atoms with Crippen molar-refractivity contribution in [3.63, 3.8) is 0 Å². The molecule has 0 saturated carbocycles. The molecule has 0 bridgehead atoms. The highest BCUT2D eigenvalue weighted by atomic mass is 16.3. The van der Waals surface area contributed by atoms with Crippen molar-refractivity contribution < 1.29 is 4.42 Å². The van der Waals surface area contributed by atoms with Gasteiger partial charge in [0.1, 0.15) is 11.2 Å². The van der Waals surface area contributed by atoms with Gasteiger partial charge in [0.15, 0.2) is 17.5 Å². The molecule has 0 unspecified atom stereocenters. The normalized spacial score (nSPS) is 11.3. The molecule has 0 aliphatic heterocycles. The fourth-order valence-electron chi connectivity index (χ4n) is 8.27. The summed E-state index contributed by atoms with van der Waals surface area (Å²) in [6, 6.07) is 78.2. The number of benzene rings is 9. The van der Waals surface area contributed by atoms with Gasteiger partial charge in [0.25, 0.3) is 0 Å². The predicted molar refractivity (Wildman–Crippen MR) is 251 cm³/mol. The van der Waals surface area contributed by atoms with E-state index in [0.717, 1.165) is 88.7 Å². The summed E-state index contributed by atoms with van der Waals surface area (Å²) in [5.41, 5.74) is 15.9. The van der Waals surface area contributed by atoms with E-state index in [0.29, 0.717) is 17.5 Å². The Balaban J connectivity index is 0.902. The number of para-hydroxylation sites is 1. The molecule has 11 aromatic rings. The lowest BCUT2D eigenvalue weighted by atomic mass is 9.97. The number of aromatic nitrogens is 3. The van der Waals surface area contributed by atoms with E-state index >= 15 is 0 Å². The van der Waals surface area contributed by atoms with Crippen molar-refractivity contribution in [2.24, 2.45) is 0 Å². The molecule has 0 saturated heterocycles. The van der Waals surface area contributed by atoms with Gasteiger partial charge >= 0.3 is 0 Å². The first-order valence-corrected chi connectivity index (χ1v) is 20.5. The van der Waals surface area contributed by atoms with Crippen LogP contribution in [-0.2, 0) is 0 Å². The van der Waals surface area contributed by atoms with Crippen molar-refractivity contribution in [1.82, 2.24) is 15.0 Å². The summed E-state index contributed by atoms with van der Waals surface area (Å²) in [5.74, 6) is 1.87. The summed E-state index contributed by atoms with van der Waals surface area (Å²) in [5, 5.41) is 2.29. The van der Waals surface area contributed by atoms with Gasteiger partial charge in [-0.1, -0.05) is 206 Å². The summed E-state index contributed by atoms with van der Waals surface area (Å²) >= 11 is 0. The lowest BCUT2D eigenvalue weighted by Gasteiger charge is -2.14. The van der Waals surface area contributed by atoms with Crippen LogP contribution in [0.5, 0.6) is 0 Å². The first-order valence-electron chi connectivity index (χ1n) is 20.5. The Morgan fingerprint density at radius 3 is 1.10 bits per heavy atom. The van der Waals surface area contributed by atoms with Crippen molar-refractivity contribution in [2.45, 2.75) is 0 Å². The molecule has 0 fully saturated rings. The molecule has 2 heterocycles. The molecule has 0 N–H and O–H groups in total. The molecule has 286 valence electrons. The van der Waals surface area contributed by atoms with Crippen LogP contribution in [0, 0.1) is 0 Å². The van der Waals surface area contributed by atoms with E-state index in [2.05, 4.69) is 188 Å². The SMILES string of the molecule is c1ccc(-c2ccccc2-c2nc(-c3ccc(-c4ccc(-c5ccc(-c6ccc7c(c6)oc6ccccc67)cc5)cc4)cc3)nc(-c3ccccc3-c3ccccc3)n2)cc1. The topological polar surface area (TPSA) is 51.8 Å². The predicted octanol–water partition coefficient (Wildman–Crippen LogP) is 15.1. The van der Waals surface area contributed by atoms with Crippen LogP contribution >= 0.6 is 0 Å². The Hall–Kier alpha value is -8.21. The van der Waals surface area contributed by atoms with Crippen LogP contribution in [0.25, 0.3) is 112 Å². The third kappa shape index (κ3) is 6.96. The van der Waals surface area contributed by atoms with E-state index in [-0.39, 0.29) is 0 Å². The minimum absolute atomic E-state index is 0.619. The minimum Gasteiger partial charge on any atom is -0.456 e. The Kier molecular flexibility index (Phi) is 9.14. The quantitative estimate of drug-likeness (QED) is 0.154. The maximum absolute atomic E-state index is 6.15. The van der Waals surface area contributed by atoms with E-state index in [9.17, 15) is 0 Å². The molecule has 9 aromatic carbocycles. The second kappa shape index (κ2) is 15.5. The third-order valence-electron chi connectivity index (χ3n) is 11.4. The minimum atomic E-state index is 0.619. The molecule has 0 aliphatic carbocycles. The van der Waals surface area contributed by atoms with Crippen molar-refractivity contribution in [1.29, 1.82) is 0 Å². The van der Waals surface area contributed by atoms with Crippen LogP contribution in [0.3, 0.4) is 0 Å². The van der Waals surface area contributed by atoms with E-state index in [4.69, 9.17) is 19.4 Å². The number of fused-ring (bicyclic) bond motifs is 3. The van der Waals surface area contributed by atoms with Crippen molar-refractivity contribution >= 4 is 21.9 Å². The van der Waals surface area contributed by atoms with Crippen molar-refractivity contribution in [3.05, 3.63) is 224 Å². The van der Waals surface area contributed by atoms with Gasteiger partial charge in [-0.2, -0.15) is 0 Å². The number of nitrogens with zero attached hydrogens (tertiary/aromatic N) is 3. The number of rotatable bonds is 8. The number of hydrogen-bond donors (Lipinski definition) is 0. The molecule has 4 nitrogen and oxygen atoms in total. The maximum atomic E-state index is 6.15. The summed E-state index contributed by atoms with van der Waals surface area (Å²) in [7, 11) is 0. The lowest BCUT2D eigenvalue weighted by molar-refractivity contribution is 0.669. The summed E-state index contributed by atoms with van der Waals surface area (Å²) in [4.78, 5) is 15.5. The standard InChI is InChI=1S/C57H37N3O/c1-3-13-43(14-4-1)47-17-7-9-20-51(47)56-58-55(59-57(60-56)52-21-10-8-18-48(52)44-15-5-2-6-16-44)45-33-31-41(32-34-45)39-25-23-38(24-26-39)40-27-29-42(30-28-40)46-35-36-50-49-19-11-12-22-53(49)61-54(50)37-46/h1-37H. The third-order valence-corrected chi connectivity index (χ3v) is 11.4. The van der Waals surface area contributed by atoms with Gasteiger partial charge < -0.3 is 4.42 Å². The van der Waals surface area contributed by atoms with Crippen molar-refractivity contribution in [3.8, 4) is 89.8 Å². The van der Waals surface area contributed by atoms with Crippen LogP contribution in [0.15, 0.2) is 229 Å². The summed E-state index contributed by atoms with van der Waals surface area (Å²) in [6.45, 7) is 0. The molecular weight excluding hydrogens is 743 g/mol. The highest BCUT2D eigenvalue weighted by Gasteiger charge is 2.18. The highest BCUT2D eigenvalue weighted by molar-refractivity contribution is 6.06. The molecule has 61 heavy (non-hydrogen) atoms. The van der Waals surface area contributed by atoms with Crippen LogP contribution < -0.4 is 0 Å². The molecule has 0 spiro atoms. The average Bonchev–Trinajstić information content (AvgIpc) is 3.73. The highest BCUT2D eigenvalue weighted by Crippen LogP contribution is 2.37. The zero-order valence-electron chi connectivity index (χ0n) is 33.1. The first-order chi connectivity index (χ1) is 30.2. The Labute approximate surface area is 354 Å². The second-order valence-corrected chi connectivity index (χ2v) is 15.2. The molecule has 2 aromatic heterocycles. The van der Waals surface area contributed by atoms with Crippen LogP contribution in [0.2, 0.25) is 0 Å². The zero-order valence-corrected chi connectivity index (χ0v) is 33.1. The van der Waals surface area contributed by atoms with E-state index in [1.54, 1.807) is 0 Å². The molecule has 0 radical (unpaired) electrons. The first kappa shape index (κ1) is 35.9. The fourth-order valence-corrected chi connectivity index (χ4v) is 8.27. The average molecular weight is 780 g/mol. The molecule has 11 rings (SSSR count). The Morgan fingerprint density at radius 2 is 0.590 bits per heavy atom. The largest absolute Gasteiger partial charge is 0.456 e. The fraction of sp³-hybridized carbons (Fsp3) is 0. The molecule has 0 atom stereocenters. The maximum Gasteiger partial charge on any atom is 0.164 e. The number of furan rings is 1. The van der Waals surface area contributed by atoms with Gasteiger partial charge in [0, 0.05) is 27.5 Å². The summed E-state index contributed by atoms with van der Waals surface area (Å²) < 4.78 is 6.15. The van der Waals surface area contributed by atoms with Gasteiger partial charge in [-0.05, 0) is 73.8 Å². The zero-order chi connectivity index (χ0) is 40.5. The van der Waals surface area contributed by atoms with Gasteiger partial charge in [-0.25, -0.2) is 15.0 Å². The number of hydrogen-bond acceptors (Lipinski definition) is 4. The second-order valence-electron chi connectivity index (χ2n) is 15.2. The molecule has 0 aliphatic rings. The van der Waals surface area contributed by atoms with Crippen LogP contribution in [0.1, 0.15) is 0 Å². The molecule has 0 amide bonds. The molecule has 4 heteroatoms. The smallest absolute Gasteiger partial charge is 0.164 e. The van der Waals surface area contributed by atoms with E-state index < -0.39 is 0 Å². The van der Waals surface area contributed by atoms with Gasteiger partial charge in [-0.15, -0.1) is 0 Å². The van der Waals surface area contributed by atoms with Crippen LogP contribution in [-0.4, -0.2) is 15.0 Å². The van der Waals surface area contributed by atoms with Crippen molar-refractivity contribution in [2.75, 3.05) is 0 Å². The van der Waals surface area contributed by atoms with E-state index in [1.165, 1.54) is 5.56 Å². The monoisotopic (exact) mass is 779 g/mol. The Bertz CT molecular complexity index is 3220. The van der Waals surface area contributed by atoms with Gasteiger partial charge in [0.05, 0.1) is 0 Å².